The van der Waals surface area contributed by atoms with Gasteiger partial charge in [0.2, 0.25) is 5.71 Å². The molecule has 0 aliphatic carbocycles. The molecule has 0 heterocycles. The standard InChI is InChI=1S/C13H17N5/c1-13(2,3)9-6-4-5-7-10(9)17-18-11(8-14)12(15)16/h4-7,17H,1-3H3,(H3,15,16)/b18-11+. The largest absolute Gasteiger partial charge is 0.382 e. The number of nitrogens with one attached hydrogen (secondary N) is 2. The first-order chi connectivity index (χ1) is 8.36. The van der Waals surface area contributed by atoms with Crippen LogP contribution in [0.25, 0.3) is 0 Å². The lowest BCUT2D eigenvalue weighted by molar-refractivity contribution is 0.592. The molecule has 0 aliphatic rings. The van der Waals surface area contributed by atoms with E-state index in [1.54, 1.807) is 6.07 Å². The fraction of sp³-hybridized carbons (Fsp3) is 0.308. The number of hydrogen-bond donors (Lipinski definition) is 3. The van der Waals surface area contributed by atoms with Gasteiger partial charge in [-0.05, 0) is 17.0 Å². The van der Waals surface area contributed by atoms with Crippen LogP contribution in [0.3, 0.4) is 0 Å². The van der Waals surface area contributed by atoms with Crippen molar-refractivity contribution >= 4 is 17.2 Å². The second-order valence-electron chi connectivity index (χ2n) is 4.89. The molecule has 0 fully saturated rings. The molecule has 5 nitrogen and oxygen atoms in total. The summed E-state index contributed by atoms with van der Waals surface area (Å²) in [6.45, 7) is 6.27. The molecule has 0 aromatic heterocycles. The molecule has 0 saturated heterocycles. The van der Waals surface area contributed by atoms with Crippen molar-refractivity contribution < 1.29 is 0 Å². The SMILES string of the molecule is CC(C)(C)c1ccccc1N/N=C(\C#N)C(=N)N. The molecule has 1 aromatic carbocycles. The van der Waals surface area contributed by atoms with E-state index in [0.717, 1.165) is 11.3 Å². The van der Waals surface area contributed by atoms with Crippen LogP contribution < -0.4 is 11.2 Å². The fourth-order valence-electron chi connectivity index (χ4n) is 1.50. The van der Waals surface area contributed by atoms with Crippen LogP contribution in [0.1, 0.15) is 26.3 Å². The topological polar surface area (TPSA) is 98.0 Å². The minimum atomic E-state index is -0.349. The van der Waals surface area contributed by atoms with Gasteiger partial charge in [-0.2, -0.15) is 10.4 Å². The first-order valence-electron chi connectivity index (χ1n) is 5.54. The van der Waals surface area contributed by atoms with E-state index in [-0.39, 0.29) is 17.0 Å². The summed E-state index contributed by atoms with van der Waals surface area (Å²) in [5.41, 5.74) is 9.74. The van der Waals surface area contributed by atoms with E-state index < -0.39 is 0 Å². The molecular weight excluding hydrogens is 226 g/mol. The van der Waals surface area contributed by atoms with Crippen LogP contribution in [-0.4, -0.2) is 11.5 Å². The lowest BCUT2D eigenvalue weighted by Gasteiger charge is -2.22. The van der Waals surface area contributed by atoms with Gasteiger partial charge in [0, 0.05) is 0 Å². The lowest BCUT2D eigenvalue weighted by atomic mass is 9.86. The highest BCUT2D eigenvalue weighted by Crippen LogP contribution is 2.29. The first-order valence-corrected chi connectivity index (χ1v) is 5.54. The average molecular weight is 243 g/mol. The van der Waals surface area contributed by atoms with Crippen LogP contribution in [0.5, 0.6) is 0 Å². The summed E-state index contributed by atoms with van der Waals surface area (Å²) >= 11 is 0. The van der Waals surface area contributed by atoms with Crippen molar-refractivity contribution in [3.05, 3.63) is 29.8 Å². The Hall–Kier alpha value is -2.35. The zero-order valence-electron chi connectivity index (χ0n) is 10.8. The zero-order chi connectivity index (χ0) is 13.8. The van der Waals surface area contributed by atoms with Crippen LogP contribution in [0.4, 0.5) is 5.69 Å². The molecule has 0 saturated carbocycles. The highest BCUT2D eigenvalue weighted by molar-refractivity contribution is 6.45. The Labute approximate surface area is 107 Å². The van der Waals surface area contributed by atoms with E-state index >= 15 is 0 Å². The number of para-hydroxylation sites is 1. The Balaban J connectivity index is 3.07. The molecule has 94 valence electrons. The summed E-state index contributed by atoms with van der Waals surface area (Å²) in [6.07, 6.45) is 0. The number of nitriles is 1. The Bertz CT molecular complexity index is 517. The minimum absolute atomic E-state index is 0.0395. The molecule has 1 aromatic rings. The predicted molar refractivity (Wildman–Crippen MR) is 73.7 cm³/mol. The maximum atomic E-state index is 8.76. The lowest BCUT2D eigenvalue weighted by Crippen LogP contribution is -2.22. The number of nitrogens with two attached hydrogens (primary N) is 1. The third-order valence-corrected chi connectivity index (χ3v) is 2.38. The summed E-state index contributed by atoms with van der Waals surface area (Å²) in [5, 5.41) is 19.8. The fourth-order valence-corrected chi connectivity index (χ4v) is 1.50. The highest BCUT2D eigenvalue weighted by Gasteiger charge is 2.17. The quantitative estimate of drug-likeness (QED) is 0.431. The van der Waals surface area contributed by atoms with Gasteiger partial charge >= 0.3 is 0 Å². The zero-order valence-corrected chi connectivity index (χ0v) is 10.8. The van der Waals surface area contributed by atoms with E-state index in [1.807, 2.05) is 24.3 Å². The van der Waals surface area contributed by atoms with Gasteiger partial charge in [0.05, 0.1) is 5.69 Å². The molecule has 0 aliphatic heterocycles. The second kappa shape index (κ2) is 5.32. The van der Waals surface area contributed by atoms with Gasteiger partial charge in [-0.15, -0.1) is 0 Å². The summed E-state index contributed by atoms with van der Waals surface area (Å²) in [4.78, 5) is 0. The Kier molecular flexibility index (Phi) is 4.05. The number of nitrogens with zero attached hydrogens (tertiary/aromatic N) is 2. The third kappa shape index (κ3) is 3.32. The van der Waals surface area contributed by atoms with Crippen molar-refractivity contribution in [2.24, 2.45) is 10.8 Å². The van der Waals surface area contributed by atoms with Gasteiger partial charge in [-0.1, -0.05) is 39.0 Å². The van der Waals surface area contributed by atoms with Gasteiger partial charge in [-0.3, -0.25) is 10.8 Å². The van der Waals surface area contributed by atoms with Gasteiger partial charge in [0.1, 0.15) is 6.07 Å². The highest BCUT2D eigenvalue weighted by atomic mass is 15.3. The van der Waals surface area contributed by atoms with Crippen LogP contribution in [0.2, 0.25) is 0 Å². The molecular formula is C13H17N5. The molecule has 0 spiro atoms. The summed E-state index contributed by atoms with van der Waals surface area (Å²) in [7, 11) is 0. The number of hydrazone groups is 1. The monoisotopic (exact) mass is 243 g/mol. The maximum Gasteiger partial charge on any atom is 0.201 e. The number of anilines is 1. The summed E-state index contributed by atoms with van der Waals surface area (Å²) in [5.74, 6) is -0.349. The van der Waals surface area contributed by atoms with Crippen molar-refractivity contribution in [1.82, 2.24) is 0 Å². The van der Waals surface area contributed by atoms with Gasteiger partial charge in [-0.25, -0.2) is 0 Å². The van der Waals surface area contributed by atoms with E-state index in [1.165, 1.54) is 0 Å². The van der Waals surface area contributed by atoms with Crippen molar-refractivity contribution in [3.63, 3.8) is 0 Å². The van der Waals surface area contributed by atoms with Crippen LogP contribution in [0, 0.1) is 16.7 Å². The number of amidine groups is 1. The van der Waals surface area contributed by atoms with E-state index in [0.29, 0.717) is 0 Å². The maximum absolute atomic E-state index is 8.76. The molecule has 1 rings (SSSR count). The predicted octanol–water partition coefficient (Wildman–Crippen LogP) is 2.21. The van der Waals surface area contributed by atoms with Crippen LogP contribution in [-0.2, 0) is 5.41 Å². The molecule has 0 bridgehead atoms. The average Bonchev–Trinajstić information content (AvgIpc) is 2.28. The normalized spacial score (nSPS) is 11.8. The van der Waals surface area contributed by atoms with Gasteiger partial charge in [0.15, 0.2) is 5.84 Å². The van der Waals surface area contributed by atoms with Gasteiger partial charge in [0.25, 0.3) is 0 Å². The Morgan fingerprint density at radius 3 is 2.50 bits per heavy atom. The minimum Gasteiger partial charge on any atom is -0.382 e. The molecule has 4 N–H and O–H groups in total. The van der Waals surface area contributed by atoms with Crippen molar-refractivity contribution in [2.45, 2.75) is 26.2 Å². The molecule has 5 heteroatoms. The third-order valence-electron chi connectivity index (χ3n) is 2.38. The van der Waals surface area contributed by atoms with Crippen molar-refractivity contribution in [1.29, 1.82) is 10.7 Å². The van der Waals surface area contributed by atoms with Crippen molar-refractivity contribution in [3.8, 4) is 6.07 Å². The second-order valence-corrected chi connectivity index (χ2v) is 4.89. The van der Waals surface area contributed by atoms with Crippen LogP contribution >= 0.6 is 0 Å². The molecule has 0 radical (unpaired) electrons. The van der Waals surface area contributed by atoms with Gasteiger partial charge < -0.3 is 5.73 Å². The molecule has 0 unspecified atom stereocenters. The van der Waals surface area contributed by atoms with E-state index in [9.17, 15) is 0 Å². The smallest absolute Gasteiger partial charge is 0.201 e. The molecule has 0 atom stereocenters. The van der Waals surface area contributed by atoms with Crippen LogP contribution in [0.15, 0.2) is 29.4 Å². The number of benzene rings is 1. The Morgan fingerprint density at radius 1 is 1.39 bits per heavy atom. The van der Waals surface area contributed by atoms with E-state index in [2.05, 4.69) is 31.3 Å². The van der Waals surface area contributed by atoms with Crippen molar-refractivity contribution in [2.75, 3.05) is 5.43 Å². The number of hydrogen-bond acceptors (Lipinski definition) is 4. The first kappa shape index (κ1) is 13.7. The van der Waals surface area contributed by atoms with E-state index in [4.69, 9.17) is 16.4 Å². The summed E-state index contributed by atoms with van der Waals surface area (Å²) < 4.78 is 0. The number of rotatable bonds is 3. The Morgan fingerprint density at radius 2 is 2.00 bits per heavy atom. The molecule has 18 heavy (non-hydrogen) atoms. The molecule has 0 amide bonds. The summed E-state index contributed by atoms with van der Waals surface area (Å²) in [6, 6.07) is 9.47.